The Morgan fingerprint density at radius 2 is 1.77 bits per heavy atom. The highest BCUT2D eigenvalue weighted by Gasteiger charge is 2.31. The second-order valence-electron chi connectivity index (χ2n) is 6.74. The van der Waals surface area contributed by atoms with Gasteiger partial charge in [0.1, 0.15) is 4.32 Å². The lowest BCUT2D eigenvalue weighted by molar-refractivity contribution is -0.124. The zero-order valence-corrected chi connectivity index (χ0v) is 18.5. The third-order valence-electron chi connectivity index (χ3n) is 4.40. The predicted octanol–water partition coefficient (Wildman–Crippen LogP) is 3.60. The van der Waals surface area contributed by atoms with Gasteiger partial charge >= 0.3 is 0 Å². The average molecular weight is 452 g/mol. The van der Waals surface area contributed by atoms with Gasteiger partial charge in [-0.3, -0.25) is 30.1 Å². The van der Waals surface area contributed by atoms with E-state index in [1.165, 1.54) is 16.7 Å². The maximum Gasteiger partial charge on any atom is 0.269 e. The first-order valence-electron chi connectivity index (χ1n) is 9.57. The molecule has 0 aliphatic carbocycles. The summed E-state index contributed by atoms with van der Waals surface area (Å²) >= 11 is 6.47. The number of carbonyl (C=O) groups excluding carboxylic acids is 3. The normalized spacial score (nSPS) is 15.0. The Bertz CT molecular complexity index is 1050. The number of thiocarbonyl (C=S) groups is 1. The lowest BCUT2D eigenvalue weighted by atomic mass is 10.1. The summed E-state index contributed by atoms with van der Waals surface area (Å²) in [4.78, 5) is 38.6. The van der Waals surface area contributed by atoms with E-state index in [1.54, 1.807) is 24.3 Å². The Morgan fingerprint density at radius 3 is 2.48 bits per heavy atom. The standard InChI is InChI=1S/C23H21N3O3S2/c1-16-10-12-18(13-11-16)21(28)25-24-20(27)14-15-26-22(29)19(31-23(26)30)9-5-8-17-6-3-2-4-7-17/h2-13H,14-15H2,1H3,(H,24,27)(H,25,28)/b8-5+,19-9-. The molecule has 6 nitrogen and oxygen atoms in total. The van der Waals surface area contributed by atoms with Crippen LogP contribution in [0.5, 0.6) is 0 Å². The number of hydrazine groups is 1. The summed E-state index contributed by atoms with van der Waals surface area (Å²) in [7, 11) is 0. The van der Waals surface area contributed by atoms with Crippen LogP contribution in [0.4, 0.5) is 0 Å². The van der Waals surface area contributed by atoms with E-state index in [2.05, 4.69) is 10.9 Å². The summed E-state index contributed by atoms with van der Waals surface area (Å²) < 4.78 is 0.404. The van der Waals surface area contributed by atoms with Crippen LogP contribution in [0.15, 0.2) is 71.7 Å². The van der Waals surface area contributed by atoms with Crippen LogP contribution in [-0.2, 0) is 9.59 Å². The van der Waals surface area contributed by atoms with E-state index >= 15 is 0 Å². The highest BCUT2D eigenvalue weighted by atomic mass is 32.2. The summed E-state index contributed by atoms with van der Waals surface area (Å²) in [5, 5.41) is 0. The lowest BCUT2D eigenvalue weighted by Crippen LogP contribution is -2.43. The third-order valence-corrected chi connectivity index (χ3v) is 5.80. The largest absolute Gasteiger partial charge is 0.292 e. The van der Waals surface area contributed by atoms with Gasteiger partial charge in [0, 0.05) is 18.5 Å². The summed E-state index contributed by atoms with van der Waals surface area (Å²) in [5.41, 5.74) is 7.23. The molecular formula is C23H21N3O3S2. The second-order valence-corrected chi connectivity index (χ2v) is 8.42. The molecule has 3 rings (SSSR count). The van der Waals surface area contributed by atoms with E-state index in [-0.39, 0.29) is 18.9 Å². The number of allylic oxidation sites excluding steroid dienone is 2. The van der Waals surface area contributed by atoms with Gasteiger partial charge in [0.2, 0.25) is 5.91 Å². The maximum atomic E-state index is 12.6. The molecule has 158 valence electrons. The zero-order valence-electron chi connectivity index (χ0n) is 16.8. The van der Waals surface area contributed by atoms with E-state index in [1.807, 2.05) is 55.5 Å². The molecule has 2 N–H and O–H groups in total. The number of aryl methyl sites for hydroxylation is 1. The Hall–Kier alpha value is -3.23. The minimum atomic E-state index is -0.414. The number of amides is 3. The van der Waals surface area contributed by atoms with Crippen LogP contribution >= 0.6 is 24.0 Å². The van der Waals surface area contributed by atoms with Crippen LogP contribution < -0.4 is 10.9 Å². The number of hydrogen-bond acceptors (Lipinski definition) is 5. The summed E-state index contributed by atoms with van der Waals surface area (Å²) in [6.45, 7) is 2.06. The molecule has 1 saturated heterocycles. The molecule has 1 fully saturated rings. The second kappa shape index (κ2) is 10.7. The first-order chi connectivity index (χ1) is 14.9. The Balaban J connectivity index is 1.47. The number of benzene rings is 2. The van der Waals surface area contributed by atoms with E-state index in [4.69, 9.17) is 12.2 Å². The molecule has 0 spiro atoms. The van der Waals surface area contributed by atoms with Gasteiger partial charge < -0.3 is 0 Å². The number of thioether (sulfide) groups is 1. The van der Waals surface area contributed by atoms with Gasteiger partial charge in [0.05, 0.1) is 4.91 Å². The minimum Gasteiger partial charge on any atom is -0.292 e. The Labute approximate surface area is 190 Å². The third kappa shape index (κ3) is 6.37. The van der Waals surface area contributed by atoms with Crippen molar-refractivity contribution in [3.05, 3.63) is 88.3 Å². The van der Waals surface area contributed by atoms with Crippen LogP contribution in [-0.4, -0.2) is 33.5 Å². The number of hydrogen-bond donors (Lipinski definition) is 2. The van der Waals surface area contributed by atoms with Crippen molar-refractivity contribution in [1.82, 2.24) is 15.8 Å². The van der Waals surface area contributed by atoms with E-state index in [0.717, 1.165) is 11.1 Å². The molecule has 0 unspecified atom stereocenters. The van der Waals surface area contributed by atoms with Crippen molar-refractivity contribution in [3.63, 3.8) is 0 Å². The van der Waals surface area contributed by atoms with Gasteiger partial charge in [-0.2, -0.15) is 0 Å². The summed E-state index contributed by atoms with van der Waals surface area (Å²) in [6, 6.07) is 16.7. The molecule has 2 aromatic rings. The molecule has 0 atom stereocenters. The number of rotatable bonds is 6. The molecule has 1 aliphatic heterocycles. The average Bonchev–Trinajstić information content (AvgIpc) is 3.04. The fourth-order valence-electron chi connectivity index (χ4n) is 2.70. The van der Waals surface area contributed by atoms with Crippen molar-refractivity contribution in [2.45, 2.75) is 13.3 Å². The highest BCUT2D eigenvalue weighted by molar-refractivity contribution is 8.26. The molecular weight excluding hydrogens is 430 g/mol. The van der Waals surface area contributed by atoms with Gasteiger partial charge in [-0.25, -0.2) is 0 Å². The number of nitrogens with zero attached hydrogens (tertiary/aromatic N) is 1. The predicted molar refractivity (Wildman–Crippen MR) is 127 cm³/mol. The smallest absolute Gasteiger partial charge is 0.269 e. The zero-order chi connectivity index (χ0) is 22.2. The summed E-state index contributed by atoms with van der Waals surface area (Å²) in [6.07, 6.45) is 5.42. The van der Waals surface area contributed by atoms with Crippen molar-refractivity contribution in [3.8, 4) is 0 Å². The topological polar surface area (TPSA) is 78.5 Å². The highest BCUT2D eigenvalue weighted by Crippen LogP contribution is 2.31. The Morgan fingerprint density at radius 1 is 1.06 bits per heavy atom. The molecule has 8 heteroatoms. The fourth-order valence-corrected chi connectivity index (χ4v) is 3.96. The fraction of sp³-hybridized carbons (Fsp3) is 0.130. The van der Waals surface area contributed by atoms with Crippen molar-refractivity contribution < 1.29 is 14.4 Å². The first kappa shape index (κ1) is 22.5. The van der Waals surface area contributed by atoms with Crippen LogP contribution in [0.2, 0.25) is 0 Å². The van der Waals surface area contributed by atoms with Crippen molar-refractivity contribution in [2.75, 3.05) is 6.54 Å². The molecule has 0 radical (unpaired) electrons. The first-order valence-corrected chi connectivity index (χ1v) is 10.8. The van der Waals surface area contributed by atoms with E-state index in [0.29, 0.717) is 14.8 Å². The van der Waals surface area contributed by atoms with Crippen molar-refractivity contribution >= 4 is 52.1 Å². The van der Waals surface area contributed by atoms with Gasteiger partial charge in [-0.15, -0.1) is 0 Å². The monoisotopic (exact) mass is 451 g/mol. The SMILES string of the molecule is Cc1ccc(C(=O)NNC(=O)CCN2C(=O)/C(=C/C=C/c3ccccc3)SC2=S)cc1. The maximum absolute atomic E-state index is 12.6. The molecule has 1 heterocycles. The van der Waals surface area contributed by atoms with Crippen LogP contribution in [0.25, 0.3) is 6.08 Å². The van der Waals surface area contributed by atoms with Gasteiger partial charge in [-0.05, 0) is 30.7 Å². The molecule has 2 aromatic carbocycles. The Kier molecular flexibility index (Phi) is 7.75. The van der Waals surface area contributed by atoms with Crippen LogP contribution in [0.1, 0.15) is 27.9 Å². The van der Waals surface area contributed by atoms with Gasteiger partial charge in [-0.1, -0.05) is 84.2 Å². The quantitative estimate of drug-likeness (QED) is 0.399. The van der Waals surface area contributed by atoms with Crippen LogP contribution in [0, 0.1) is 6.92 Å². The molecule has 1 aliphatic rings. The number of carbonyl (C=O) groups is 3. The molecule has 0 saturated carbocycles. The van der Waals surface area contributed by atoms with Crippen molar-refractivity contribution in [2.24, 2.45) is 0 Å². The van der Waals surface area contributed by atoms with Gasteiger partial charge in [0.25, 0.3) is 11.8 Å². The van der Waals surface area contributed by atoms with Gasteiger partial charge in [0.15, 0.2) is 0 Å². The van der Waals surface area contributed by atoms with E-state index < -0.39 is 11.8 Å². The molecule has 3 amide bonds. The summed E-state index contributed by atoms with van der Waals surface area (Å²) in [5.74, 6) is -1.06. The number of nitrogens with one attached hydrogen (secondary N) is 2. The molecule has 31 heavy (non-hydrogen) atoms. The molecule has 0 bridgehead atoms. The van der Waals surface area contributed by atoms with E-state index in [9.17, 15) is 14.4 Å². The minimum absolute atomic E-state index is 0.00769. The molecule has 0 aromatic heterocycles. The van der Waals surface area contributed by atoms with Crippen molar-refractivity contribution in [1.29, 1.82) is 0 Å². The lowest BCUT2D eigenvalue weighted by Gasteiger charge is -2.14. The van der Waals surface area contributed by atoms with Crippen LogP contribution in [0.3, 0.4) is 0 Å².